The molecule has 3 rings (SSSR count). The molecule has 0 radical (unpaired) electrons. The Bertz CT molecular complexity index is 888. The molecule has 170 valence electrons. The van der Waals surface area contributed by atoms with Crippen molar-refractivity contribution in [2.24, 2.45) is 0 Å². The van der Waals surface area contributed by atoms with E-state index in [9.17, 15) is 0 Å². The van der Waals surface area contributed by atoms with E-state index >= 15 is 0 Å². The molecule has 0 aliphatic heterocycles. The van der Waals surface area contributed by atoms with E-state index in [1.807, 2.05) is 23.5 Å². The number of rotatable bonds is 8. The van der Waals surface area contributed by atoms with E-state index in [4.69, 9.17) is 0 Å². The predicted molar refractivity (Wildman–Crippen MR) is 144 cm³/mol. The molecule has 0 spiro atoms. The van der Waals surface area contributed by atoms with Gasteiger partial charge in [-0.3, -0.25) is 4.90 Å². The Balaban J connectivity index is 1.64. The fraction of sp³-hybridized carbons (Fsp3) is 0.379. The molecule has 0 atom stereocenters. The van der Waals surface area contributed by atoms with Crippen molar-refractivity contribution in [3.63, 3.8) is 0 Å². The Morgan fingerprint density at radius 1 is 0.562 bits per heavy atom. The first-order valence-corrected chi connectivity index (χ1v) is 13.3. The monoisotopic (exact) mass is 463 g/mol. The molecule has 0 heterocycles. The molecule has 0 saturated carbocycles. The number of nitrogens with zero attached hydrogens (tertiary/aromatic N) is 1. The fourth-order valence-electron chi connectivity index (χ4n) is 3.40. The predicted octanol–water partition coefficient (Wildman–Crippen LogP) is 8.58. The van der Waals surface area contributed by atoms with Crippen LogP contribution < -0.4 is 0 Å². The van der Waals surface area contributed by atoms with Gasteiger partial charge in [-0.15, -0.1) is 23.5 Å². The van der Waals surface area contributed by atoms with Gasteiger partial charge in [-0.05, 0) is 51.8 Å². The van der Waals surface area contributed by atoms with Crippen molar-refractivity contribution in [3.8, 4) is 0 Å². The highest BCUT2D eigenvalue weighted by Gasteiger charge is 2.15. The number of hydrogen-bond donors (Lipinski definition) is 0. The molecule has 0 N–H and O–H groups in total. The number of benzene rings is 3. The van der Waals surface area contributed by atoms with Crippen LogP contribution in [0.2, 0.25) is 0 Å². The van der Waals surface area contributed by atoms with E-state index < -0.39 is 0 Å². The normalized spacial score (nSPS) is 12.3. The number of thioether (sulfide) groups is 2. The van der Waals surface area contributed by atoms with Crippen LogP contribution in [0.3, 0.4) is 0 Å². The maximum absolute atomic E-state index is 2.53. The summed E-state index contributed by atoms with van der Waals surface area (Å²) in [5, 5.41) is 0. The molecule has 3 aromatic carbocycles. The highest BCUT2D eigenvalue weighted by atomic mass is 32.2. The molecule has 0 amide bonds. The third-order valence-corrected chi connectivity index (χ3v) is 7.72. The Labute approximate surface area is 204 Å². The van der Waals surface area contributed by atoms with Gasteiger partial charge in [-0.1, -0.05) is 96.1 Å². The topological polar surface area (TPSA) is 3.24 Å². The van der Waals surface area contributed by atoms with Crippen molar-refractivity contribution in [3.05, 3.63) is 95.6 Å². The molecule has 0 saturated heterocycles. The maximum atomic E-state index is 2.53. The molecular formula is C29H37NS2. The van der Waals surface area contributed by atoms with Crippen LogP contribution >= 0.6 is 23.5 Å². The molecule has 3 aromatic rings. The zero-order valence-electron chi connectivity index (χ0n) is 20.4. The quantitative estimate of drug-likeness (QED) is 0.243. The molecule has 1 nitrogen and oxygen atoms in total. The smallest absolute Gasteiger partial charge is 0.0503 e. The Morgan fingerprint density at radius 3 is 1.34 bits per heavy atom. The lowest BCUT2D eigenvalue weighted by atomic mass is 9.87. The lowest BCUT2D eigenvalue weighted by Gasteiger charge is -2.23. The molecular weight excluding hydrogens is 426 g/mol. The second-order valence-corrected chi connectivity index (χ2v) is 12.4. The van der Waals surface area contributed by atoms with Gasteiger partial charge in [-0.25, -0.2) is 0 Å². The van der Waals surface area contributed by atoms with Gasteiger partial charge < -0.3 is 0 Å². The summed E-state index contributed by atoms with van der Waals surface area (Å²) in [5.74, 6) is 1.94. The lowest BCUT2D eigenvalue weighted by molar-refractivity contribution is 0.370. The van der Waals surface area contributed by atoms with Gasteiger partial charge in [0.25, 0.3) is 0 Å². The van der Waals surface area contributed by atoms with Crippen LogP contribution in [0.4, 0.5) is 0 Å². The summed E-state index contributed by atoms with van der Waals surface area (Å²) >= 11 is 3.84. The summed E-state index contributed by atoms with van der Waals surface area (Å²) in [4.78, 5) is 5.19. The van der Waals surface area contributed by atoms with Gasteiger partial charge in [0.2, 0.25) is 0 Å². The first kappa shape index (κ1) is 25.0. The fourth-order valence-corrected chi connectivity index (χ4v) is 5.21. The summed E-state index contributed by atoms with van der Waals surface area (Å²) in [6, 6.07) is 29.0. The average molecular weight is 464 g/mol. The van der Waals surface area contributed by atoms with Gasteiger partial charge in [0.05, 0.1) is 11.8 Å². The van der Waals surface area contributed by atoms with Gasteiger partial charge in [0, 0.05) is 16.3 Å². The van der Waals surface area contributed by atoms with Gasteiger partial charge in [0.15, 0.2) is 0 Å². The minimum Gasteiger partial charge on any atom is -0.280 e. The SMILES string of the molecule is CC(C)(C)c1ccc(SCN(CSc2ccc(C(C)(C)C)cc2)Cc2ccccc2)cc1. The van der Waals surface area contributed by atoms with E-state index in [2.05, 4.69) is 125 Å². The molecule has 0 aliphatic rings. The van der Waals surface area contributed by atoms with Crippen LogP contribution in [0.5, 0.6) is 0 Å². The van der Waals surface area contributed by atoms with Crippen molar-refractivity contribution in [2.45, 2.75) is 68.7 Å². The highest BCUT2D eigenvalue weighted by molar-refractivity contribution is 8.00. The minimum absolute atomic E-state index is 0.196. The molecule has 0 fully saturated rings. The molecule has 0 bridgehead atoms. The standard InChI is InChI=1S/C29H37NS2/c1-28(2,3)24-12-16-26(17-13-24)31-21-30(20-23-10-8-7-9-11-23)22-32-27-18-14-25(15-19-27)29(4,5)6/h7-19H,20-22H2,1-6H3. The van der Waals surface area contributed by atoms with Crippen molar-refractivity contribution >= 4 is 23.5 Å². The zero-order valence-corrected chi connectivity index (χ0v) is 22.0. The van der Waals surface area contributed by atoms with Crippen molar-refractivity contribution in [2.75, 3.05) is 11.8 Å². The minimum atomic E-state index is 0.196. The summed E-state index contributed by atoms with van der Waals surface area (Å²) in [7, 11) is 0. The largest absolute Gasteiger partial charge is 0.280 e. The van der Waals surface area contributed by atoms with Crippen LogP contribution in [0.25, 0.3) is 0 Å². The van der Waals surface area contributed by atoms with E-state index in [-0.39, 0.29) is 10.8 Å². The van der Waals surface area contributed by atoms with Crippen LogP contribution in [-0.4, -0.2) is 16.7 Å². The van der Waals surface area contributed by atoms with Crippen molar-refractivity contribution < 1.29 is 0 Å². The summed E-state index contributed by atoms with van der Waals surface area (Å²) < 4.78 is 0. The Morgan fingerprint density at radius 2 is 0.969 bits per heavy atom. The first-order valence-electron chi connectivity index (χ1n) is 11.3. The van der Waals surface area contributed by atoms with Gasteiger partial charge in [0.1, 0.15) is 0 Å². The highest BCUT2D eigenvalue weighted by Crippen LogP contribution is 2.29. The summed E-state index contributed by atoms with van der Waals surface area (Å²) in [6.07, 6.45) is 0. The molecule has 32 heavy (non-hydrogen) atoms. The molecule has 0 aliphatic carbocycles. The van der Waals surface area contributed by atoms with Gasteiger partial charge in [-0.2, -0.15) is 0 Å². The van der Waals surface area contributed by atoms with E-state index in [0.717, 1.165) is 18.3 Å². The van der Waals surface area contributed by atoms with E-state index in [1.54, 1.807) is 0 Å². The van der Waals surface area contributed by atoms with Crippen LogP contribution in [-0.2, 0) is 17.4 Å². The van der Waals surface area contributed by atoms with Crippen LogP contribution in [0.15, 0.2) is 88.7 Å². The molecule has 3 heteroatoms. The van der Waals surface area contributed by atoms with Gasteiger partial charge >= 0.3 is 0 Å². The zero-order chi connectivity index (χ0) is 23.2. The second-order valence-electron chi connectivity index (χ2n) is 10.4. The van der Waals surface area contributed by atoms with E-state index in [0.29, 0.717) is 0 Å². The maximum Gasteiger partial charge on any atom is 0.0503 e. The third kappa shape index (κ3) is 7.72. The van der Waals surface area contributed by atoms with Crippen LogP contribution in [0, 0.1) is 0 Å². The Hall–Kier alpha value is -1.68. The molecule has 0 unspecified atom stereocenters. The second kappa shape index (κ2) is 11.0. The number of hydrogen-bond acceptors (Lipinski definition) is 3. The summed E-state index contributed by atoms with van der Waals surface area (Å²) in [6.45, 7) is 14.6. The van der Waals surface area contributed by atoms with E-state index in [1.165, 1.54) is 26.5 Å². The van der Waals surface area contributed by atoms with Crippen molar-refractivity contribution in [1.82, 2.24) is 4.90 Å². The third-order valence-electron chi connectivity index (χ3n) is 5.52. The average Bonchev–Trinajstić information content (AvgIpc) is 2.76. The van der Waals surface area contributed by atoms with Crippen molar-refractivity contribution in [1.29, 1.82) is 0 Å². The lowest BCUT2D eigenvalue weighted by Crippen LogP contribution is -2.22. The first-order chi connectivity index (χ1) is 15.1. The molecule has 0 aromatic heterocycles. The van der Waals surface area contributed by atoms with Crippen LogP contribution in [0.1, 0.15) is 58.2 Å². The summed E-state index contributed by atoms with van der Waals surface area (Å²) in [5.41, 5.74) is 4.53. The Kier molecular flexibility index (Phi) is 8.55.